The molecule has 12 N–H and O–H groups in total. The lowest BCUT2D eigenvalue weighted by Gasteiger charge is -2.21. The first-order valence-electron chi connectivity index (χ1n) is 12.9. The lowest BCUT2D eigenvalue weighted by Crippen LogP contribution is -2.35. The second-order valence-electron chi connectivity index (χ2n) is 9.76. The Balaban J connectivity index is 0.000000181. The molecule has 26 heteroatoms. The Hall–Kier alpha value is -3.32. The van der Waals surface area contributed by atoms with E-state index in [9.17, 15) is 29.6 Å². The molecule has 0 bridgehead atoms. The number of imidazole rings is 2. The molecule has 6 rings (SSSR count). The number of phosphoric ester groups is 2. The van der Waals surface area contributed by atoms with E-state index in [4.69, 9.17) is 40.5 Å². The van der Waals surface area contributed by atoms with Crippen LogP contribution in [0.4, 0.5) is 11.6 Å². The molecule has 0 aromatic carbocycles. The summed E-state index contributed by atoms with van der Waals surface area (Å²) in [6, 6.07) is 0. The predicted octanol–water partition coefficient (Wildman–Crippen LogP) is -3.73. The van der Waals surface area contributed by atoms with Crippen LogP contribution >= 0.6 is 15.6 Å². The number of nitrogens with zero attached hydrogens (tertiary/aromatic N) is 8. The van der Waals surface area contributed by atoms with Gasteiger partial charge in [-0.2, -0.15) is 0 Å². The highest BCUT2D eigenvalue weighted by atomic mass is 31.2. The molecule has 4 aromatic heterocycles. The average molecular weight is 694 g/mol. The number of nitrogens with two attached hydrogens (primary N) is 2. The number of aromatic nitrogens is 8. The topological polar surface area (TPSA) is 372 Å². The number of ether oxygens (including phenoxy) is 2. The number of fused-ring (bicyclic) bond motifs is 2. The Morgan fingerprint density at radius 3 is 1.63 bits per heavy atom. The van der Waals surface area contributed by atoms with Gasteiger partial charge in [0.1, 0.15) is 60.3 Å². The number of nitrogen functional groups attached to an aromatic ring is 2. The molecule has 2 fully saturated rings. The van der Waals surface area contributed by atoms with Crippen LogP contribution < -0.4 is 11.5 Å². The van der Waals surface area contributed by atoms with Crippen molar-refractivity contribution in [2.24, 2.45) is 0 Å². The fraction of sp³-hybridized carbons (Fsp3) is 0.500. The minimum atomic E-state index is -4.91. The number of hydrogen-bond donors (Lipinski definition) is 10. The summed E-state index contributed by atoms with van der Waals surface area (Å²) < 4.78 is 44.8. The van der Waals surface area contributed by atoms with Gasteiger partial charge in [-0.15, -0.1) is 0 Å². The molecule has 2 aliphatic heterocycles. The Bertz CT molecular complexity index is 1780. The van der Waals surface area contributed by atoms with Gasteiger partial charge in [0.25, 0.3) is 0 Å². The fourth-order valence-corrected chi connectivity index (χ4v) is 5.99. The van der Waals surface area contributed by atoms with Gasteiger partial charge in [0.15, 0.2) is 35.4 Å². The van der Waals surface area contributed by atoms with Crippen molar-refractivity contribution < 1.29 is 67.7 Å². The molecule has 46 heavy (non-hydrogen) atoms. The summed E-state index contributed by atoms with van der Waals surface area (Å²) in [7, 11) is -9.79. The molecule has 2 saturated heterocycles. The van der Waals surface area contributed by atoms with Gasteiger partial charge in [0, 0.05) is 0 Å². The predicted molar refractivity (Wildman–Crippen MR) is 147 cm³/mol. The third kappa shape index (κ3) is 6.85. The first-order valence-corrected chi connectivity index (χ1v) is 15.9. The van der Waals surface area contributed by atoms with Gasteiger partial charge < -0.3 is 60.9 Å². The van der Waals surface area contributed by atoms with E-state index in [0.717, 1.165) is 0 Å². The summed E-state index contributed by atoms with van der Waals surface area (Å²) in [5.74, 6) is 0.237. The Morgan fingerprint density at radius 2 is 1.15 bits per heavy atom. The Morgan fingerprint density at radius 1 is 0.696 bits per heavy atom. The van der Waals surface area contributed by atoms with E-state index in [1.165, 1.54) is 34.4 Å². The maximum atomic E-state index is 11.1. The van der Waals surface area contributed by atoms with Crippen LogP contribution in [-0.4, -0.2) is 129 Å². The highest BCUT2D eigenvalue weighted by molar-refractivity contribution is 7.46. The number of aliphatic hydroxyl groups is 4. The Labute approximate surface area is 255 Å². The molecular formula is C20H28N10O14P2. The monoisotopic (exact) mass is 694 g/mol. The molecular weight excluding hydrogens is 666 g/mol. The van der Waals surface area contributed by atoms with Crippen molar-refractivity contribution in [1.29, 1.82) is 0 Å². The van der Waals surface area contributed by atoms with E-state index in [0.29, 0.717) is 0 Å². The van der Waals surface area contributed by atoms with E-state index >= 15 is 0 Å². The number of phosphoric acid groups is 2. The highest BCUT2D eigenvalue weighted by Gasteiger charge is 2.49. The molecule has 2 aliphatic rings. The minimum absolute atomic E-state index is 0.110. The molecule has 0 amide bonds. The largest absolute Gasteiger partial charge is 0.470 e. The zero-order valence-electron chi connectivity index (χ0n) is 23.0. The summed E-state index contributed by atoms with van der Waals surface area (Å²) in [6.07, 6.45) is -5.40. The van der Waals surface area contributed by atoms with E-state index in [-0.39, 0.29) is 34.0 Å². The van der Waals surface area contributed by atoms with Gasteiger partial charge in [-0.1, -0.05) is 0 Å². The quantitative estimate of drug-likeness (QED) is 0.0792. The van der Waals surface area contributed by atoms with Crippen molar-refractivity contribution in [2.45, 2.75) is 49.1 Å². The lowest BCUT2D eigenvalue weighted by atomic mass is 10.1. The van der Waals surface area contributed by atoms with E-state index < -0.39 is 77.9 Å². The second-order valence-corrected chi connectivity index (χ2v) is 12.1. The van der Waals surface area contributed by atoms with Crippen LogP contribution in [0, 0.1) is 0 Å². The van der Waals surface area contributed by atoms with Crippen LogP contribution in [0.5, 0.6) is 0 Å². The summed E-state index contributed by atoms with van der Waals surface area (Å²) in [5, 5.41) is 38.9. The molecule has 4 aromatic rings. The molecule has 2 unspecified atom stereocenters. The van der Waals surface area contributed by atoms with Gasteiger partial charge >= 0.3 is 15.6 Å². The summed E-state index contributed by atoms with van der Waals surface area (Å²) in [4.78, 5) is 59.4. The van der Waals surface area contributed by atoms with Gasteiger partial charge in [-0.05, 0) is 0 Å². The SMILES string of the molecule is Nc1ncnc2c1ncn2[C@@H]1O[C@H](CO)C(O)[C@@H]1OP(=O)(O)O.Nc1ncnc2c1ncn2[C@@H]1O[C@H](CO)C(OP(=O)(O)O)[C@@H]1O. The standard InChI is InChI=1S/2C10H14N5O7P/c11-8-5-9(13-2-12-8)15(3-14-5)10-6(17)7(4(1-16)21-10)22-23(18,19)20;11-8-5-9(13-2-12-8)15(3-14-5)10-7(22-23(18,19)20)6(17)4(1-16)21-10/h2*2-4,6-7,10,16-17H,1H2,(H2,11,12,13)(H2,18,19,20)/t4-,6+,7?,10-;4-,6?,7+,10-/m11/s1. The molecule has 0 spiro atoms. The van der Waals surface area contributed by atoms with Crippen molar-refractivity contribution >= 4 is 49.6 Å². The van der Waals surface area contributed by atoms with Crippen molar-refractivity contribution in [2.75, 3.05) is 24.7 Å². The van der Waals surface area contributed by atoms with E-state index in [1.807, 2.05) is 0 Å². The third-order valence-electron chi connectivity index (χ3n) is 6.82. The zero-order chi connectivity index (χ0) is 33.6. The molecule has 24 nitrogen and oxygen atoms in total. The molecule has 8 atom stereocenters. The van der Waals surface area contributed by atoms with E-state index in [1.54, 1.807) is 0 Å². The smallest absolute Gasteiger partial charge is 0.394 e. The van der Waals surface area contributed by atoms with Gasteiger partial charge in [0.05, 0.1) is 25.9 Å². The van der Waals surface area contributed by atoms with Gasteiger partial charge in [-0.3, -0.25) is 18.2 Å². The maximum absolute atomic E-state index is 11.1. The second kappa shape index (κ2) is 13.1. The molecule has 6 heterocycles. The van der Waals surface area contributed by atoms with Gasteiger partial charge in [0.2, 0.25) is 0 Å². The maximum Gasteiger partial charge on any atom is 0.470 e. The van der Waals surface area contributed by atoms with Crippen LogP contribution in [0.15, 0.2) is 25.3 Å². The first-order chi connectivity index (χ1) is 21.6. The molecule has 0 aliphatic carbocycles. The summed E-state index contributed by atoms with van der Waals surface area (Å²) in [5.41, 5.74) is 12.4. The minimum Gasteiger partial charge on any atom is -0.394 e. The number of aliphatic hydroxyl groups excluding tert-OH is 4. The van der Waals surface area contributed by atoms with Crippen LogP contribution in [-0.2, 0) is 27.7 Å². The Kier molecular flexibility index (Phi) is 9.66. The fourth-order valence-electron chi connectivity index (χ4n) is 4.86. The van der Waals surface area contributed by atoms with Crippen molar-refractivity contribution in [3.63, 3.8) is 0 Å². The van der Waals surface area contributed by atoms with Crippen LogP contribution in [0.25, 0.3) is 22.3 Å². The summed E-state index contributed by atoms with van der Waals surface area (Å²) in [6.45, 7) is -1.18. The van der Waals surface area contributed by atoms with E-state index in [2.05, 4.69) is 39.0 Å². The van der Waals surface area contributed by atoms with Crippen molar-refractivity contribution in [3.05, 3.63) is 25.3 Å². The number of hydrogen-bond acceptors (Lipinski definition) is 18. The van der Waals surface area contributed by atoms with Crippen LogP contribution in [0.1, 0.15) is 12.5 Å². The van der Waals surface area contributed by atoms with Crippen LogP contribution in [0.2, 0.25) is 0 Å². The third-order valence-corrected chi connectivity index (χ3v) is 7.86. The highest BCUT2D eigenvalue weighted by Crippen LogP contribution is 2.46. The van der Waals surface area contributed by atoms with Crippen LogP contribution in [0.3, 0.4) is 0 Å². The number of rotatable bonds is 8. The zero-order valence-corrected chi connectivity index (χ0v) is 24.8. The molecule has 0 radical (unpaired) electrons. The summed E-state index contributed by atoms with van der Waals surface area (Å²) >= 11 is 0. The normalized spacial score (nSPS) is 28.5. The first kappa shape index (κ1) is 34.0. The molecule has 0 saturated carbocycles. The molecule has 252 valence electrons. The average Bonchev–Trinajstić information content (AvgIpc) is 3.74. The van der Waals surface area contributed by atoms with Crippen molar-refractivity contribution in [1.82, 2.24) is 39.0 Å². The number of anilines is 2. The van der Waals surface area contributed by atoms with Crippen molar-refractivity contribution in [3.8, 4) is 0 Å². The van der Waals surface area contributed by atoms with Gasteiger partial charge in [-0.25, -0.2) is 39.0 Å². The lowest BCUT2D eigenvalue weighted by molar-refractivity contribution is -0.0509.